The van der Waals surface area contributed by atoms with Crippen LogP contribution in [0.1, 0.15) is 25.2 Å². The van der Waals surface area contributed by atoms with Crippen LogP contribution < -0.4 is 5.32 Å². The van der Waals surface area contributed by atoms with E-state index in [1.54, 1.807) is 7.11 Å². The molecule has 0 saturated heterocycles. The zero-order valence-electron chi connectivity index (χ0n) is 10.2. The van der Waals surface area contributed by atoms with Gasteiger partial charge in [0.25, 0.3) is 0 Å². The van der Waals surface area contributed by atoms with Crippen molar-refractivity contribution in [1.82, 2.24) is 15.1 Å². The molecule has 1 rings (SSSR count). The third kappa shape index (κ3) is 3.20. The maximum atomic E-state index is 6.27. The van der Waals surface area contributed by atoms with Gasteiger partial charge >= 0.3 is 0 Å². The first-order valence-electron chi connectivity index (χ1n) is 5.68. The molecular formula is C11H20ClN3O. The van der Waals surface area contributed by atoms with Gasteiger partial charge in [0.2, 0.25) is 0 Å². The second-order valence-corrected chi connectivity index (χ2v) is 3.92. The number of ether oxygens (including phenoxy) is 1. The molecule has 0 bridgehead atoms. The summed E-state index contributed by atoms with van der Waals surface area (Å²) in [5, 5.41) is 8.54. The Morgan fingerprint density at radius 2 is 2.19 bits per heavy atom. The maximum Gasteiger partial charge on any atom is 0.0863 e. The topological polar surface area (TPSA) is 39.1 Å². The molecule has 0 fully saturated rings. The second-order valence-electron chi connectivity index (χ2n) is 3.55. The summed E-state index contributed by atoms with van der Waals surface area (Å²) in [5.41, 5.74) is 2.05. The molecule has 0 spiro atoms. The van der Waals surface area contributed by atoms with Crippen LogP contribution in [0, 0.1) is 0 Å². The Bertz CT molecular complexity index is 325. The molecular weight excluding hydrogens is 226 g/mol. The molecule has 0 amide bonds. The summed E-state index contributed by atoms with van der Waals surface area (Å²) in [5.74, 6) is 0. The van der Waals surface area contributed by atoms with Crippen molar-refractivity contribution >= 4 is 11.6 Å². The third-order valence-corrected chi connectivity index (χ3v) is 2.91. The molecule has 0 aliphatic rings. The maximum absolute atomic E-state index is 6.27. The zero-order chi connectivity index (χ0) is 12.0. The van der Waals surface area contributed by atoms with Crippen molar-refractivity contribution in [3.05, 3.63) is 16.4 Å². The lowest BCUT2D eigenvalue weighted by atomic mass is 10.3. The van der Waals surface area contributed by atoms with Gasteiger partial charge in [0.05, 0.1) is 23.0 Å². The number of hydrogen-bond acceptors (Lipinski definition) is 3. The highest BCUT2D eigenvalue weighted by Crippen LogP contribution is 2.21. The van der Waals surface area contributed by atoms with Crippen LogP contribution >= 0.6 is 11.6 Å². The number of nitrogens with zero attached hydrogens (tertiary/aromatic N) is 2. The van der Waals surface area contributed by atoms with Crippen LogP contribution in [0.3, 0.4) is 0 Å². The van der Waals surface area contributed by atoms with E-state index in [2.05, 4.69) is 24.3 Å². The van der Waals surface area contributed by atoms with Crippen LogP contribution in [0.4, 0.5) is 0 Å². The molecule has 0 atom stereocenters. The van der Waals surface area contributed by atoms with Gasteiger partial charge in [-0.3, -0.25) is 4.68 Å². The Balaban J connectivity index is 2.65. The van der Waals surface area contributed by atoms with Crippen LogP contribution in [-0.2, 0) is 24.2 Å². The quantitative estimate of drug-likeness (QED) is 0.746. The van der Waals surface area contributed by atoms with Gasteiger partial charge in [-0.1, -0.05) is 18.5 Å². The van der Waals surface area contributed by atoms with Crippen molar-refractivity contribution in [2.75, 3.05) is 20.3 Å². The normalized spacial score (nSPS) is 11.0. The number of hydrogen-bond donors (Lipinski definition) is 1. The van der Waals surface area contributed by atoms with E-state index in [0.717, 1.165) is 42.5 Å². The Morgan fingerprint density at radius 3 is 2.75 bits per heavy atom. The van der Waals surface area contributed by atoms with E-state index in [-0.39, 0.29) is 0 Å². The minimum atomic E-state index is 0.707. The standard InChI is InChI=1S/C11H20ClN3O/c1-4-9-11(12)10(15(5-2)14-9)8-13-6-7-16-3/h13H,4-8H2,1-3H3. The molecule has 0 saturated carbocycles. The average Bonchev–Trinajstić information content (AvgIpc) is 2.61. The molecule has 0 aliphatic heterocycles. The molecule has 1 heterocycles. The molecule has 1 aromatic rings. The number of nitrogens with one attached hydrogen (secondary N) is 1. The van der Waals surface area contributed by atoms with Gasteiger partial charge in [-0.15, -0.1) is 0 Å². The minimum absolute atomic E-state index is 0.707. The highest BCUT2D eigenvalue weighted by molar-refractivity contribution is 6.31. The van der Waals surface area contributed by atoms with E-state index in [9.17, 15) is 0 Å². The summed E-state index contributed by atoms with van der Waals surface area (Å²) < 4.78 is 6.93. The van der Waals surface area contributed by atoms with Crippen LogP contribution in [0.2, 0.25) is 5.02 Å². The van der Waals surface area contributed by atoms with Gasteiger partial charge in [-0.25, -0.2) is 0 Å². The molecule has 1 N–H and O–H groups in total. The Morgan fingerprint density at radius 1 is 1.44 bits per heavy atom. The number of halogens is 1. The van der Waals surface area contributed by atoms with Crippen molar-refractivity contribution in [2.24, 2.45) is 0 Å². The molecule has 4 nitrogen and oxygen atoms in total. The summed E-state index contributed by atoms with van der Waals surface area (Å²) in [6, 6.07) is 0. The molecule has 0 aliphatic carbocycles. The fraction of sp³-hybridized carbons (Fsp3) is 0.727. The summed E-state index contributed by atoms with van der Waals surface area (Å²) >= 11 is 6.27. The van der Waals surface area contributed by atoms with Crippen molar-refractivity contribution in [2.45, 2.75) is 33.4 Å². The first-order chi connectivity index (χ1) is 7.74. The molecule has 16 heavy (non-hydrogen) atoms. The number of aryl methyl sites for hydroxylation is 2. The Kier molecular flexibility index (Phi) is 5.80. The lowest BCUT2D eigenvalue weighted by Gasteiger charge is -2.06. The number of rotatable bonds is 7. The van der Waals surface area contributed by atoms with Crippen LogP contribution in [0.25, 0.3) is 0 Å². The van der Waals surface area contributed by atoms with E-state index in [4.69, 9.17) is 16.3 Å². The minimum Gasteiger partial charge on any atom is -0.383 e. The van der Waals surface area contributed by atoms with Gasteiger partial charge < -0.3 is 10.1 Å². The van der Waals surface area contributed by atoms with Gasteiger partial charge in [-0.2, -0.15) is 5.10 Å². The first-order valence-corrected chi connectivity index (χ1v) is 6.06. The Hall–Kier alpha value is -0.580. The van der Waals surface area contributed by atoms with Crippen LogP contribution in [0.15, 0.2) is 0 Å². The van der Waals surface area contributed by atoms with Crippen LogP contribution in [-0.4, -0.2) is 30.0 Å². The smallest absolute Gasteiger partial charge is 0.0863 e. The SMILES string of the molecule is CCc1nn(CC)c(CNCCOC)c1Cl. The highest BCUT2D eigenvalue weighted by Gasteiger charge is 2.13. The van der Waals surface area contributed by atoms with Crippen molar-refractivity contribution in [3.63, 3.8) is 0 Å². The van der Waals surface area contributed by atoms with E-state index in [1.807, 2.05) is 4.68 Å². The molecule has 0 unspecified atom stereocenters. The molecule has 92 valence electrons. The lowest BCUT2D eigenvalue weighted by Crippen LogP contribution is -2.20. The zero-order valence-corrected chi connectivity index (χ0v) is 11.0. The number of methoxy groups -OCH3 is 1. The fourth-order valence-electron chi connectivity index (χ4n) is 1.57. The fourth-order valence-corrected chi connectivity index (χ4v) is 1.90. The summed E-state index contributed by atoms with van der Waals surface area (Å²) in [6.07, 6.45) is 0.872. The Labute approximate surface area is 102 Å². The van der Waals surface area contributed by atoms with Crippen molar-refractivity contribution < 1.29 is 4.74 Å². The summed E-state index contributed by atoms with van der Waals surface area (Å²) in [6.45, 7) is 7.25. The van der Waals surface area contributed by atoms with Gasteiger partial charge in [0.15, 0.2) is 0 Å². The van der Waals surface area contributed by atoms with Gasteiger partial charge in [0.1, 0.15) is 0 Å². The van der Waals surface area contributed by atoms with Gasteiger partial charge in [-0.05, 0) is 13.3 Å². The third-order valence-electron chi connectivity index (χ3n) is 2.47. The van der Waals surface area contributed by atoms with E-state index in [0.29, 0.717) is 6.61 Å². The second kappa shape index (κ2) is 6.89. The first kappa shape index (κ1) is 13.5. The van der Waals surface area contributed by atoms with E-state index >= 15 is 0 Å². The predicted molar refractivity (Wildman–Crippen MR) is 65.9 cm³/mol. The molecule has 5 heteroatoms. The molecule has 1 aromatic heterocycles. The number of aromatic nitrogens is 2. The van der Waals surface area contributed by atoms with E-state index in [1.165, 1.54) is 0 Å². The lowest BCUT2D eigenvalue weighted by molar-refractivity contribution is 0.199. The van der Waals surface area contributed by atoms with Gasteiger partial charge in [0, 0.05) is 26.7 Å². The van der Waals surface area contributed by atoms with Crippen molar-refractivity contribution in [3.8, 4) is 0 Å². The largest absolute Gasteiger partial charge is 0.383 e. The average molecular weight is 246 g/mol. The predicted octanol–water partition coefficient (Wildman–Crippen LogP) is 1.85. The van der Waals surface area contributed by atoms with E-state index < -0.39 is 0 Å². The highest BCUT2D eigenvalue weighted by atomic mass is 35.5. The van der Waals surface area contributed by atoms with Crippen LogP contribution in [0.5, 0.6) is 0 Å². The molecule has 0 radical (unpaired) electrons. The summed E-state index contributed by atoms with van der Waals surface area (Å²) in [7, 11) is 1.69. The monoisotopic (exact) mass is 245 g/mol. The summed E-state index contributed by atoms with van der Waals surface area (Å²) in [4.78, 5) is 0. The van der Waals surface area contributed by atoms with Crippen molar-refractivity contribution in [1.29, 1.82) is 0 Å². The molecule has 0 aromatic carbocycles.